The molecule has 104 valence electrons. The number of hydrogen-bond acceptors (Lipinski definition) is 3. The summed E-state index contributed by atoms with van der Waals surface area (Å²) in [5.74, 6) is 2.51. The summed E-state index contributed by atoms with van der Waals surface area (Å²) in [6, 6.07) is 2.87. The van der Waals surface area contributed by atoms with Gasteiger partial charge in [-0.05, 0) is 44.6 Å². The Morgan fingerprint density at radius 3 is 2.79 bits per heavy atom. The van der Waals surface area contributed by atoms with Crippen LogP contribution in [-0.2, 0) is 6.54 Å². The molecular weight excluding hydrogens is 234 g/mol. The predicted molar refractivity (Wildman–Crippen MR) is 77.0 cm³/mol. The SMILES string of the molecule is Cc1cc(CNC2CC2)nc(C2CCCC(C)C2)n1. The zero-order valence-electron chi connectivity index (χ0n) is 12.2. The standard InChI is InChI=1S/C16H25N3/c1-11-4-3-5-13(8-11)16-18-12(2)9-15(19-16)10-17-14-6-7-14/h9,11,13-14,17H,3-8,10H2,1-2H3. The minimum absolute atomic E-state index is 0.586. The highest BCUT2D eigenvalue weighted by Crippen LogP contribution is 2.34. The normalized spacial score (nSPS) is 27.5. The minimum Gasteiger partial charge on any atom is -0.308 e. The smallest absolute Gasteiger partial charge is 0.131 e. The second-order valence-corrected chi connectivity index (χ2v) is 6.48. The van der Waals surface area contributed by atoms with Crippen molar-refractivity contribution in [3.63, 3.8) is 0 Å². The summed E-state index contributed by atoms with van der Waals surface area (Å²) in [6.07, 6.45) is 7.90. The van der Waals surface area contributed by atoms with Crippen molar-refractivity contribution in [3.8, 4) is 0 Å². The summed E-state index contributed by atoms with van der Waals surface area (Å²) in [7, 11) is 0. The van der Waals surface area contributed by atoms with Crippen LogP contribution in [0.4, 0.5) is 0 Å². The topological polar surface area (TPSA) is 37.8 Å². The molecule has 0 bridgehead atoms. The first kappa shape index (κ1) is 13.0. The number of aromatic nitrogens is 2. The molecule has 2 saturated carbocycles. The van der Waals surface area contributed by atoms with E-state index in [4.69, 9.17) is 9.97 Å². The van der Waals surface area contributed by atoms with Gasteiger partial charge in [0.25, 0.3) is 0 Å². The number of hydrogen-bond donors (Lipinski definition) is 1. The van der Waals surface area contributed by atoms with E-state index in [1.54, 1.807) is 0 Å². The number of rotatable bonds is 4. The Labute approximate surface area is 116 Å². The van der Waals surface area contributed by atoms with Crippen LogP contribution < -0.4 is 5.32 Å². The number of nitrogens with one attached hydrogen (secondary N) is 1. The van der Waals surface area contributed by atoms with Gasteiger partial charge in [-0.3, -0.25) is 0 Å². The molecule has 0 aromatic carbocycles. The van der Waals surface area contributed by atoms with E-state index in [1.807, 2.05) is 0 Å². The lowest BCUT2D eigenvalue weighted by Crippen LogP contribution is -2.19. The Morgan fingerprint density at radius 2 is 2.05 bits per heavy atom. The van der Waals surface area contributed by atoms with Crippen LogP contribution in [-0.4, -0.2) is 16.0 Å². The van der Waals surface area contributed by atoms with Crippen LogP contribution in [0.3, 0.4) is 0 Å². The van der Waals surface area contributed by atoms with Crippen LogP contribution >= 0.6 is 0 Å². The molecule has 0 amide bonds. The Bertz CT molecular complexity index is 440. The van der Waals surface area contributed by atoms with Crippen LogP contribution in [0.5, 0.6) is 0 Å². The second kappa shape index (κ2) is 5.58. The van der Waals surface area contributed by atoms with Gasteiger partial charge in [-0.2, -0.15) is 0 Å². The van der Waals surface area contributed by atoms with Gasteiger partial charge in [0.15, 0.2) is 0 Å². The van der Waals surface area contributed by atoms with E-state index in [1.165, 1.54) is 44.2 Å². The monoisotopic (exact) mass is 259 g/mol. The van der Waals surface area contributed by atoms with E-state index in [0.717, 1.165) is 30.0 Å². The van der Waals surface area contributed by atoms with Crippen molar-refractivity contribution in [2.45, 2.75) is 70.9 Å². The van der Waals surface area contributed by atoms with Crippen LogP contribution in [0, 0.1) is 12.8 Å². The highest BCUT2D eigenvalue weighted by molar-refractivity contribution is 5.13. The molecule has 0 spiro atoms. The van der Waals surface area contributed by atoms with Gasteiger partial charge >= 0.3 is 0 Å². The zero-order chi connectivity index (χ0) is 13.2. The van der Waals surface area contributed by atoms with Gasteiger partial charge in [0.2, 0.25) is 0 Å². The molecule has 1 aromatic heterocycles. The van der Waals surface area contributed by atoms with E-state index in [-0.39, 0.29) is 0 Å². The maximum absolute atomic E-state index is 4.82. The Hall–Kier alpha value is -0.960. The molecule has 2 atom stereocenters. The summed E-state index contributed by atoms with van der Waals surface area (Å²) in [5, 5.41) is 3.55. The van der Waals surface area contributed by atoms with E-state index < -0.39 is 0 Å². The maximum atomic E-state index is 4.82. The molecule has 2 fully saturated rings. The van der Waals surface area contributed by atoms with Gasteiger partial charge < -0.3 is 5.32 Å². The average molecular weight is 259 g/mol. The van der Waals surface area contributed by atoms with Crippen LogP contribution in [0.25, 0.3) is 0 Å². The van der Waals surface area contributed by atoms with Crippen LogP contribution in [0.2, 0.25) is 0 Å². The van der Waals surface area contributed by atoms with Gasteiger partial charge in [-0.15, -0.1) is 0 Å². The number of aryl methyl sites for hydroxylation is 1. The first-order valence-electron chi connectivity index (χ1n) is 7.78. The molecule has 0 radical (unpaired) electrons. The van der Waals surface area contributed by atoms with Crippen molar-refractivity contribution in [2.24, 2.45) is 5.92 Å². The quantitative estimate of drug-likeness (QED) is 0.901. The van der Waals surface area contributed by atoms with Crippen LogP contribution in [0.1, 0.15) is 68.6 Å². The third-order valence-electron chi connectivity index (χ3n) is 4.38. The first-order chi connectivity index (χ1) is 9.20. The summed E-state index contributed by atoms with van der Waals surface area (Å²) in [4.78, 5) is 9.51. The molecule has 3 rings (SSSR count). The fourth-order valence-corrected chi connectivity index (χ4v) is 3.14. The molecule has 2 unspecified atom stereocenters. The van der Waals surface area contributed by atoms with Gasteiger partial charge in [0.1, 0.15) is 5.82 Å². The lowest BCUT2D eigenvalue weighted by Gasteiger charge is -2.26. The maximum Gasteiger partial charge on any atom is 0.131 e. The van der Waals surface area contributed by atoms with E-state index in [2.05, 4.69) is 25.2 Å². The number of nitrogens with zero attached hydrogens (tertiary/aromatic N) is 2. The van der Waals surface area contributed by atoms with Gasteiger partial charge in [0.05, 0.1) is 5.69 Å². The second-order valence-electron chi connectivity index (χ2n) is 6.48. The van der Waals surface area contributed by atoms with E-state index in [0.29, 0.717) is 5.92 Å². The Balaban J connectivity index is 1.72. The summed E-state index contributed by atoms with van der Waals surface area (Å²) in [5.41, 5.74) is 2.29. The van der Waals surface area contributed by atoms with Crippen molar-refractivity contribution in [3.05, 3.63) is 23.3 Å². The lowest BCUT2D eigenvalue weighted by molar-refractivity contribution is 0.334. The fourth-order valence-electron chi connectivity index (χ4n) is 3.14. The largest absolute Gasteiger partial charge is 0.308 e. The molecule has 0 aliphatic heterocycles. The van der Waals surface area contributed by atoms with Crippen molar-refractivity contribution < 1.29 is 0 Å². The van der Waals surface area contributed by atoms with E-state index in [9.17, 15) is 0 Å². The van der Waals surface area contributed by atoms with Gasteiger partial charge in [-0.1, -0.05) is 19.8 Å². The molecule has 19 heavy (non-hydrogen) atoms. The Morgan fingerprint density at radius 1 is 1.21 bits per heavy atom. The van der Waals surface area contributed by atoms with Crippen molar-refractivity contribution in [1.82, 2.24) is 15.3 Å². The van der Waals surface area contributed by atoms with E-state index >= 15 is 0 Å². The molecule has 3 nitrogen and oxygen atoms in total. The summed E-state index contributed by atoms with van der Waals surface area (Å²) >= 11 is 0. The third kappa shape index (κ3) is 3.53. The summed E-state index contributed by atoms with van der Waals surface area (Å²) in [6.45, 7) is 5.36. The molecule has 0 saturated heterocycles. The lowest BCUT2D eigenvalue weighted by atomic mass is 9.82. The molecule has 1 aromatic rings. The summed E-state index contributed by atoms with van der Waals surface area (Å²) < 4.78 is 0. The molecule has 3 heteroatoms. The fraction of sp³-hybridized carbons (Fsp3) is 0.750. The van der Waals surface area contributed by atoms with Crippen LogP contribution in [0.15, 0.2) is 6.07 Å². The Kier molecular flexibility index (Phi) is 3.83. The predicted octanol–water partition coefficient (Wildman–Crippen LogP) is 3.33. The van der Waals surface area contributed by atoms with Crippen molar-refractivity contribution in [1.29, 1.82) is 0 Å². The first-order valence-corrected chi connectivity index (χ1v) is 7.78. The molecule has 2 aliphatic rings. The van der Waals surface area contributed by atoms with Crippen molar-refractivity contribution >= 4 is 0 Å². The highest BCUT2D eigenvalue weighted by atomic mass is 15.0. The molecule has 1 N–H and O–H groups in total. The molecule has 2 aliphatic carbocycles. The minimum atomic E-state index is 0.586. The van der Waals surface area contributed by atoms with Crippen molar-refractivity contribution in [2.75, 3.05) is 0 Å². The molecular formula is C16H25N3. The molecule has 1 heterocycles. The zero-order valence-corrected chi connectivity index (χ0v) is 12.2. The third-order valence-corrected chi connectivity index (χ3v) is 4.38. The average Bonchev–Trinajstić information content (AvgIpc) is 3.20. The highest BCUT2D eigenvalue weighted by Gasteiger charge is 2.24. The van der Waals surface area contributed by atoms with Gasteiger partial charge in [-0.25, -0.2) is 9.97 Å². The van der Waals surface area contributed by atoms with Gasteiger partial charge in [0, 0.05) is 24.2 Å².